The molecule has 1 saturated carbocycles. The van der Waals surface area contributed by atoms with Crippen LogP contribution in [0, 0.1) is 11.8 Å². The quantitative estimate of drug-likeness (QED) is 0.825. The molecule has 1 heterocycles. The molecule has 3 N–H and O–H groups in total. The van der Waals surface area contributed by atoms with Crippen LogP contribution in [0.25, 0.3) is 0 Å². The van der Waals surface area contributed by atoms with E-state index in [2.05, 4.69) is 22.4 Å². The Kier molecular flexibility index (Phi) is 3.56. The molecule has 2 rings (SSSR count). The van der Waals surface area contributed by atoms with Crippen molar-refractivity contribution in [3.63, 3.8) is 0 Å². The summed E-state index contributed by atoms with van der Waals surface area (Å²) >= 11 is 0. The number of carbonyl (C=O) groups excluding carboxylic acids is 1. The van der Waals surface area contributed by atoms with Crippen LogP contribution >= 0.6 is 0 Å². The van der Waals surface area contributed by atoms with Gasteiger partial charge in [0.15, 0.2) is 5.69 Å². The second-order valence-electron chi connectivity index (χ2n) is 4.72. The number of hydrogen-bond donors (Lipinski definition) is 2. The van der Waals surface area contributed by atoms with E-state index in [1.54, 1.807) is 12.1 Å². The summed E-state index contributed by atoms with van der Waals surface area (Å²) in [6.07, 6.45) is 3.92. The molecule has 1 aliphatic carbocycles. The number of nitrogens with one attached hydrogen (secondary N) is 1. The fraction of sp³-hybridized carbons (Fsp3) is 0.583. The number of primary amides is 1. The molecule has 0 radical (unpaired) electrons. The number of aromatic nitrogens is 2. The van der Waals surface area contributed by atoms with Crippen molar-refractivity contribution < 1.29 is 4.79 Å². The van der Waals surface area contributed by atoms with E-state index in [0.29, 0.717) is 11.7 Å². The van der Waals surface area contributed by atoms with Crippen LogP contribution in [0.15, 0.2) is 12.1 Å². The van der Waals surface area contributed by atoms with Crippen LogP contribution in [0.2, 0.25) is 0 Å². The van der Waals surface area contributed by atoms with E-state index < -0.39 is 5.91 Å². The normalized spacial score (nSPS) is 23.6. The predicted octanol–water partition coefficient (Wildman–Crippen LogP) is 1.42. The minimum atomic E-state index is -0.548. The van der Waals surface area contributed by atoms with Gasteiger partial charge in [0.2, 0.25) is 0 Å². The smallest absolute Gasteiger partial charge is 0.269 e. The van der Waals surface area contributed by atoms with Gasteiger partial charge in [-0.3, -0.25) is 4.79 Å². The van der Waals surface area contributed by atoms with Crippen LogP contribution in [-0.2, 0) is 0 Å². The molecular formula is C12H18N4O. The van der Waals surface area contributed by atoms with Crippen molar-refractivity contribution in [3.05, 3.63) is 17.8 Å². The molecule has 2 atom stereocenters. The van der Waals surface area contributed by atoms with Gasteiger partial charge in [-0.2, -0.15) is 0 Å². The lowest BCUT2D eigenvalue weighted by Gasteiger charge is -2.15. The van der Waals surface area contributed by atoms with Gasteiger partial charge in [-0.15, -0.1) is 10.2 Å². The summed E-state index contributed by atoms with van der Waals surface area (Å²) in [6.45, 7) is 3.22. The average Bonchev–Trinajstić information content (AvgIpc) is 2.73. The lowest BCUT2D eigenvalue weighted by Crippen LogP contribution is -2.18. The van der Waals surface area contributed by atoms with Crippen molar-refractivity contribution >= 4 is 11.7 Å². The summed E-state index contributed by atoms with van der Waals surface area (Å²) in [7, 11) is 0. The van der Waals surface area contributed by atoms with Crippen molar-refractivity contribution in [3.8, 4) is 0 Å². The predicted molar refractivity (Wildman–Crippen MR) is 65.5 cm³/mol. The maximum atomic E-state index is 10.8. The molecule has 0 saturated heterocycles. The first-order valence-corrected chi connectivity index (χ1v) is 6.04. The van der Waals surface area contributed by atoms with Gasteiger partial charge in [0.25, 0.3) is 5.91 Å². The van der Waals surface area contributed by atoms with E-state index in [9.17, 15) is 4.79 Å². The zero-order chi connectivity index (χ0) is 12.3. The first-order valence-electron chi connectivity index (χ1n) is 6.04. The first kappa shape index (κ1) is 11.8. The van der Waals surface area contributed by atoms with Crippen molar-refractivity contribution in [2.45, 2.75) is 26.2 Å². The molecule has 1 aromatic rings. The molecule has 0 spiro atoms. The summed E-state index contributed by atoms with van der Waals surface area (Å²) in [5, 5.41) is 10.9. The Hall–Kier alpha value is -1.65. The van der Waals surface area contributed by atoms with E-state index >= 15 is 0 Å². The molecule has 0 aliphatic heterocycles. The van der Waals surface area contributed by atoms with Crippen molar-refractivity contribution in [1.29, 1.82) is 0 Å². The monoisotopic (exact) mass is 234 g/mol. The summed E-state index contributed by atoms with van der Waals surface area (Å²) in [4.78, 5) is 10.8. The van der Waals surface area contributed by atoms with Crippen LogP contribution in [0.3, 0.4) is 0 Å². The van der Waals surface area contributed by atoms with Crippen LogP contribution in [-0.4, -0.2) is 22.6 Å². The number of amides is 1. The minimum absolute atomic E-state index is 0.199. The molecule has 1 amide bonds. The molecule has 0 aromatic carbocycles. The highest BCUT2D eigenvalue weighted by Crippen LogP contribution is 2.30. The fourth-order valence-corrected chi connectivity index (χ4v) is 2.32. The number of carbonyl (C=O) groups is 1. The standard InChI is InChI=1S/C12H18N4O/c1-8-3-2-4-9(8)7-14-11-6-5-10(12(13)17)15-16-11/h5-6,8-9H,2-4,7H2,1H3,(H2,13,17)(H,14,16). The van der Waals surface area contributed by atoms with Gasteiger partial charge in [-0.05, 0) is 30.4 Å². The Labute approximate surface area is 101 Å². The Bertz CT molecular complexity index is 390. The van der Waals surface area contributed by atoms with Gasteiger partial charge < -0.3 is 11.1 Å². The van der Waals surface area contributed by atoms with Gasteiger partial charge in [-0.1, -0.05) is 19.8 Å². The highest BCUT2D eigenvalue weighted by atomic mass is 16.1. The Morgan fingerprint density at radius 2 is 2.29 bits per heavy atom. The zero-order valence-electron chi connectivity index (χ0n) is 10.0. The Balaban J connectivity index is 1.88. The van der Waals surface area contributed by atoms with Crippen molar-refractivity contribution in [2.75, 3.05) is 11.9 Å². The third kappa shape index (κ3) is 2.93. The minimum Gasteiger partial charge on any atom is -0.368 e. The highest BCUT2D eigenvalue weighted by molar-refractivity contribution is 5.90. The van der Waals surface area contributed by atoms with Gasteiger partial charge >= 0.3 is 0 Å². The number of rotatable bonds is 4. The zero-order valence-corrected chi connectivity index (χ0v) is 10.0. The molecule has 17 heavy (non-hydrogen) atoms. The first-order chi connectivity index (χ1) is 8.16. The lowest BCUT2D eigenvalue weighted by atomic mass is 9.98. The van der Waals surface area contributed by atoms with Crippen LogP contribution in [0.4, 0.5) is 5.82 Å². The number of hydrogen-bond acceptors (Lipinski definition) is 4. The Morgan fingerprint density at radius 3 is 2.82 bits per heavy atom. The molecule has 5 nitrogen and oxygen atoms in total. The largest absolute Gasteiger partial charge is 0.368 e. The Morgan fingerprint density at radius 1 is 1.47 bits per heavy atom. The van der Waals surface area contributed by atoms with Gasteiger partial charge in [0.05, 0.1) is 0 Å². The highest BCUT2D eigenvalue weighted by Gasteiger charge is 2.22. The van der Waals surface area contributed by atoms with Crippen LogP contribution < -0.4 is 11.1 Å². The summed E-state index contributed by atoms with van der Waals surface area (Å²) in [5.41, 5.74) is 5.29. The van der Waals surface area contributed by atoms with Crippen molar-refractivity contribution in [1.82, 2.24) is 10.2 Å². The third-order valence-electron chi connectivity index (χ3n) is 3.50. The molecular weight excluding hydrogens is 216 g/mol. The van der Waals surface area contributed by atoms with E-state index in [4.69, 9.17) is 5.73 Å². The second-order valence-corrected chi connectivity index (χ2v) is 4.72. The van der Waals surface area contributed by atoms with E-state index in [1.165, 1.54) is 19.3 Å². The van der Waals surface area contributed by atoms with Gasteiger partial charge in [-0.25, -0.2) is 0 Å². The van der Waals surface area contributed by atoms with E-state index in [0.717, 1.165) is 12.5 Å². The molecule has 5 heteroatoms. The summed E-state index contributed by atoms with van der Waals surface area (Å²) < 4.78 is 0. The molecule has 92 valence electrons. The van der Waals surface area contributed by atoms with Crippen LogP contribution in [0.5, 0.6) is 0 Å². The second kappa shape index (κ2) is 5.12. The molecule has 2 unspecified atom stereocenters. The number of anilines is 1. The molecule has 1 fully saturated rings. The summed E-state index contributed by atoms with van der Waals surface area (Å²) in [5.74, 6) is 1.65. The van der Waals surface area contributed by atoms with E-state index in [-0.39, 0.29) is 5.69 Å². The fourth-order valence-electron chi connectivity index (χ4n) is 2.32. The molecule has 0 bridgehead atoms. The average molecular weight is 234 g/mol. The molecule has 1 aromatic heterocycles. The topological polar surface area (TPSA) is 80.9 Å². The van der Waals surface area contributed by atoms with E-state index in [1.807, 2.05) is 0 Å². The number of nitrogens with two attached hydrogens (primary N) is 1. The SMILES string of the molecule is CC1CCCC1CNc1ccc(C(N)=O)nn1. The van der Waals surface area contributed by atoms with Gasteiger partial charge in [0.1, 0.15) is 5.82 Å². The third-order valence-corrected chi connectivity index (χ3v) is 3.50. The van der Waals surface area contributed by atoms with Crippen molar-refractivity contribution in [2.24, 2.45) is 17.6 Å². The summed E-state index contributed by atoms with van der Waals surface area (Å²) in [6, 6.07) is 3.34. The lowest BCUT2D eigenvalue weighted by molar-refractivity contribution is 0.0994. The maximum Gasteiger partial charge on any atom is 0.269 e. The van der Waals surface area contributed by atoms with Gasteiger partial charge in [0, 0.05) is 6.54 Å². The maximum absolute atomic E-state index is 10.8. The number of nitrogens with zero attached hydrogens (tertiary/aromatic N) is 2. The van der Waals surface area contributed by atoms with Crippen LogP contribution in [0.1, 0.15) is 36.7 Å². The molecule has 1 aliphatic rings.